The van der Waals surface area contributed by atoms with Gasteiger partial charge in [-0.15, -0.1) is 0 Å². The summed E-state index contributed by atoms with van der Waals surface area (Å²) in [6.07, 6.45) is 5.41. The summed E-state index contributed by atoms with van der Waals surface area (Å²) in [7, 11) is 0. The topological polar surface area (TPSA) is 71.1 Å². The largest absolute Gasteiger partial charge is 0.356 e. The van der Waals surface area contributed by atoms with Crippen LogP contribution in [-0.2, 0) is 11.4 Å². The Labute approximate surface area is 162 Å². The predicted octanol–water partition coefficient (Wildman–Crippen LogP) is 4.46. The van der Waals surface area contributed by atoms with Gasteiger partial charge in [0, 0.05) is 40.3 Å². The maximum atomic E-state index is 12.9. The molecule has 140 valence electrons. The molecule has 1 N–H and O–H groups in total. The first kappa shape index (κ1) is 16.9. The number of nitrogens with one attached hydrogen (secondary N) is 1. The maximum Gasteiger partial charge on any atom is 0.280 e. The van der Waals surface area contributed by atoms with E-state index in [1.54, 1.807) is 12.4 Å². The summed E-state index contributed by atoms with van der Waals surface area (Å²) in [4.78, 5) is 30.9. The standard InChI is InChI=1S/C22H20N4O2/c1-22(2,3)28-26-12-18-19(21(26)27)15-7-6-13-11-24-17(9-16(13)20(15)25-18)14-5-4-8-23-10-14/h4-11,25H,12H2,1-3H3. The van der Waals surface area contributed by atoms with Crippen molar-refractivity contribution >= 4 is 27.6 Å². The summed E-state index contributed by atoms with van der Waals surface area (Å²) in [5.74, 6) is -0.0999. The normalized spacial score (nSPS) is 14.2. The van der Waals surface area contributed by atoms with Crippen molar-refractivity contribution in [3.8, 4) is 11.3 Å². The number of aromatic amines is 1. The van der Waals surface area contributed by atoms with E-state index in [1.807, 2.05) is 57.3 Å². The van der Waals surface area contributed by atoms with Crippen molar-refractivity contribution in [3.63, 3.8) is 0 Å². The summed E-state index contributed by atoms with van der Waals surface area (Å²) in [5.41, 5.74) is 3.93. The number of nitrogens with zero attached hydrogens (tertiary/aromatic N) is 3. The highest BCUT2D eigenvalue weighted by atomic mass is 16.7. The fourth-order valence-corrected chi connectivity index (χ4v) is 3.72. The van der Waals surface area contributed by atoms with Gasteiger partial charge in [-0.1, -0.05) is 12.1 Å². The molecule has 0 saturated carbocycles. The molecule has 6 nitrogen and oxygen atoms in total. The van der Waals surface area contributed by atoms with Crippen molar-refractivity contribution in [2.24, 2.45) is 0 Å². The van der Waals surface area contributed by atoms with Crippen LogP contribution in [0.1, 0.15) is 36.8 Å². The highest BCUT2D eigenvalue weighted by Gasteiger charge is 2.35. The molecule has 0 aliphatic carbocycles. The quantitative estimate of drug-likeness (QED) is 0.564. The van der Waals surface area contributed by atoms with Gasteiger partial charge in [-0.25, -0.2) is 5.06 Å². The zero-order valence-electron chi connectivity index (χ0n) is 16.0. The van der Waals surface area contributed by atoms with Gasteiger partial charge >= 0.3 is 0 Å². The molecular formula is C22H20N4O2. The van der Waals surface area contributed by atoms with Crippen LogP contribution >= 0.6 is 0 Å². The summed E-state index contributed by atoms with van der Waals surface area (Å²) >= 11 is 0. The Kier molecular flexibility index (Phi) is 3.54. The SMILES string of the molecule is CC(C)(C)ON1Cc2[nH]c3c(ccc4cnc(-c5cccnc5)cc43)c2C1=O. The average molecular weight is 372 g/mol. The third-order valence-electron chi connectivity index (χ3n) is 4.83. The average Bonchev–Trinajstić information content (AvgIpc) is 3.17. The molecule has 5 rings (SSSR count). The van der Waals surface area contributed by atoms with E-state index in [0.717, 1.165) is 38.6 Å². The number of carbonyl (C=O) groups is 1. The zero-order chi connectivity index (χ0) is 19.5. The van der Waals surface area contributed by atoms with E-state index in [9.17, 15) is 4.79 Å². The number of hydrogen-bond acceptors (Lipinski definition) is 4. The Hall–Kier alpha value is -3.25. The molecule has 1 aliphatic rings. The Balaban J connectivity index is 1.64. The highest BCUT2D eigenvalue weighted by molar-refractivity contribution is 6.16. The minimum atomic E-state index is -0.425. The maximum absolute atomic E-state index is 12.9. The number of H-pyrrole nitrogens is 1. The van der Waals surface area contributed by atoms with E-state index in [2.05, 4.69) is 15.0 Å². The van der Waals surface area contributed by atoms with Crippen LogP contribution in [0.25, 0.3) is 32.9 Å². The molecular weight excluding hydrogens is 352 g/mol. The second-order valence-corrected chi connectivity index (χ2v) is 8.04. The van der Waals surface area contributed by atoms with Crippen LogP contribution < -0.4 is 0 Å². The molecule has 0 unspecified atom stereocenters. The van der Waals surface area contributed by atoms with Crippen molar-refractivity contribution in [1.82, 2.24) is 20.0 Å². The van der Waals surface area contributed by atoms with Gasteiger partial charge in [0.2, 0.25) is 0 Å². The Morgan fingerprint density at radius 3 is 2.75 bits per heavy atom. The van der Waals surface area contributed by atoms with Crippen LogP contribution in [0.15, 0.2) is 48.9 Å². The number of hydroxylamine groups is 2. The van der Waals surface area contributed by atoms with Gasteiger partial charge < -0.3 is 4.98 Å². The summed E-state index contributed by atoms with van der Waals surface area (Å²) in [6.45, 7) is 6.23. The van der Waals surface area contributed by atoms with Crippen LogP contribution in [0.4, 0.5) is 0 Å². The molecule has 0 fully saturated rings. The van der Waals surface area contributed by atoms with E-state index >= 15 is 0 Å². The van der Waals surface area contributed by atoms with E-state index in [0.29, 0.717) is 12.1 Å². The van der Waals surface area contributed by atoms with Crippen LogP contribution in [0.3, 0.4) is 0 Å². The van der Waals surface area contributed by atoms with Crippen molar-refractivity contribution < 1.29 is 9.63 Å². The predicted molar refractivity (Wildman–Crippen MR) is 108 cm³/mol. The lowest BCUT2D eigenvalue weighted by Gasteiger charge is -2.26. The third kappa shape index (κ3) is 2.65. The van der Waals surface area contributed by atoms with Crippen LogP contribution in [-0.4, -0.2) is 31.5 Å². The molecule has 0 bridgehead atoms. The molecule has 28 heavy (non-hydrogen) atoms. The van der Waals surface area contributed by atoms with Gasteiger partial charge in [0.25, 0.3) is 5.91 Å². The van der Waals surface area contributed by atoms with E-state index in [-0.39, 0.29) is 5.91 Å². The summed E-state index contributed by atoms with van der Waals surface area (Å²) in [5, 5.41) is 4.42. The van der Waals surface area contributed by atoms with Crippen molar-refractivity contribution in [2.45, 2.75) is 32.9 Å². The molecule has 0 spiro atoms. The van der Waals surface area contributed by atoms with Gasteiger partial charge in [0.05, 0.1) is 34.6 Å². The number of benzene rings is 1. The molecule has 3 aromatic heterocycles. The van der Waals surface area contributed by atoms with E-state index in [4.69, 9.17) is 4.84 Å². The lowest BCUT2D eigenvalue weighted by atomic mass is 10.0. The first-order valence-electron chi connectivity index (χ1n) is 9.25. The lowest BCUT2D eigenvalue weighted by Crippen LogP contribution is -2.34. The number of hydrogen-bond donors (Lipinski definition) is 1. The summed E-state index contributed by atoms with van der Waals surface area (Å²) < 4.78 is 0. The van der Waals surface area contributed by atoms with E-state index < -0.39 is 5.60 Å². The highest BCUT2D eigenvalue weighted by Crippen LogP contribution is 2.36. The molecule has 6 heteroatoms. The number of pyridine rings is 2. The number of amides is 1. The van der Waals surface area contributed by atoms with Gasteiger partial charge in [0.1, 0.15) is 0 Å². The molecule has 1 aliphatic heterocycles. The van der Waals surface area contributed by atoms with Crippen LogP contribution in [0.2, 0.25) is 0 Å². The molecule has 4 aromatic rings. The fourth-order valence-electron chi connectivity index (χ4n) is 3.72. The Bertz CT molecular complexity index is 1220. The van der Waals surface area contributed by atoms with Crippen molar-refractivity contribution in [1.29, 1.82) is 0 Å². The van der Waals surface area contributed by atoms with Crippen LogP contribution in [0, 0.1) is 0 Å². The summed E-state index contributed by atoms with van der Waals surface area (Å²) in [6, 6.07) is 9.92. The third-order valence-corrected chi connectivity index (χ3v) is 4.83. The van der Waals surface area contributed by atoms with Crippen molar-refractivity contribution in [2.75, 3.05) is 0 Å². The molecule has 0 atom stereocenters. The second-order valence-electron chi connectivity index (χ2n) is 8.04. The minimum absolute atomic E-state index is 0.0999. The van der Waals surface area contributed by atoms with E-state index in [1.165, 1.54) is 5.06 Å². The number of rotatable bonds is 2. The lowest BCUT2D eigenvalue weighted by molar-refractivity contribution is -0.197. The van der Waals surface area contributed by atoms with Crippen LogP contribution in [0.5, 0.6) is 0 Å². The minimum Gasteiger partial charge on any atom is -0.356 e. The number of aromatic nitrogens is 3. The molecule has 1 aromatic carbocycles. The molecule has 0 radical (unpaired) electrons. The molecule has 1 amide bonds. The Morgan fingerprint density at radius 2 is 2.00 bits per heavy atom. The smallest absolute Gasteiger partial charge is 0.280 e. The first-order chi connectivity index (χ1) is 13.4. The Morgan fingerprint density at radius 1 is 1.14 bits per heavy atom. The molecule has 0 saturated heterocycles. The molecule has 4 heterocycles. The van der Waals surface area contributed by atoms with Gasteiger partial charge in [-0.05, 0) is 39.0 Å². The zero-order valence-corrected chi connectivity index (χ0v) is 16.0. The number of carbonyl (C=O) groups excluding carboxylic acids is 1. The number of fused-ring (bicyclic) bond motifs is 5. The van der Waals surface area contributed by atoms with Gasteiger partial charge in [-0.3, -0.25) is 19.6 Å². The van der Waals surface area contributed by atoms with Crippen molar-refractivity contribution in [3.05, 3.63) is 60.2 Å². The first-order valence-corrected chi connectivity index (χ1v) is 9.25. The van der Waals surface area contributed by atoms with Gasteiger partial charge in [0.15, 0.2) is 0 Å². The fraction of sp³-hybridized carbons (Fsp3) is 0.227. The second kappa shape index (κ2) is 5.87. The monoisotopic (exact) mass is 372 g/mol. The van der Waals surface area contributed by atoms with Gasteiger partial charge in [-0.2, -0.15) is 0 Å².